The highest BCUT2D eigenvalue weighted by Crippen LogP contribution is 2.25. The normalized spacial score (nSPS) is 16.3. The number of likely N-dealkylation sites (tertiary alicyclic amines) is 1. The average Bonchev–Trinajstić information content (AvgIpc) is 3.33. The highest BCUT2D eigenvalue weighted by molar-refractivity contribution is 5.79. The zero-order valence-electron chi connectivity index (χ0n) is 18.1. The first-order valence-corrected chi connectivity index (χ1v) is 10.5. The van der Waals surface area contributed by atoms with Crippen LogP contribution in [0, 0.1) is 11.3 Å². The molecular weight excluding hydrogens is 390 g/mol. The summed E-state index contributed by atoms with van der Waals surface area (Å²) in [5.41, 5.74) is 2.98. The Morgan fingerprint density at radius 2 is 1.97 bits per heavy atom. The first-order chi connectivity index (χ1) is 14.8. The Morgan fingerprint density at radius 1 is 1.23 bits per heavy atom. The van der Waals surface area contributed by atoms with Crippen molar-refractivity contribution in [1.82, 2.24) is 14.5 Å². The number of nitrogens with zero attached hydrogens (tertiary/aromatic N) is 4. The van der Waals surface area contributed by atoms with Crippen molar-refractivity contribution in [3.05, 3.63) is 59.7 Å². The molecule has 31 heavy (non-hydrogen) atoms. The molecule has 1 amide bonds. The lowest BCUT2D eigenvalue weighted by Crippen LogP contribution is -2.36. The fraction of sp³-hybridized carbons (Fsp3) is 0.375. The van der Waals surface area contributed by atoms with Crippen LogP contribution in [0.1, 0.15) is 38.3 Å². The molecule has 1 fully saturated rings. The number of carbonyl (C=O) groups is 1. The number of benzene rings is 2. The number of hydrogen-bond acceptors (Lipinski definition) is 5. The molecule has 1 atom stereocenters. The fourth-order valence-corrected chi connectivity index (χ4v) is 3.84. The van der Waals surface area contributed by atoms with E-state index in [4.69, 9.17) is 9.72 Å². The molecule has 0 unspecified atom stereocenters. The number of imidazole rings is 1. The Hall–Kier alpha value is -3.53. The molecule has 0 aliphatic carbocycles. The number of amides is 1. The van der Waals surface area contributed by atoms with E-state index >= 15 is 0 Å². The summed E-state index contributed by atoms with van der Waals surface area (Å²) in [5, 5.41) is 13.0. The largest absolute Gasteiger partial charge is 0.444 e. The molecule has 2 aromatic carbocycles. The second kappa shape index (κ2) is 8.31. The van der Waals surface area contributed by atoms with Crippen molar-refractivity contribution in [2.75, 3.05) is 18.4 Å². The van der Waals surface area contributed by atoms with E-state index in [0.717, 1.165) is 29.0 Å². The molecule has 7 nitrogen and oxygen atoms in total. The Labute approximate surface area is 182 Å². The highest BCUT2D eigenvalue weighted by Gasteiger charge is 2.30. The van der Waals surface area contributed by atoms with Gasteiger partial charge in [0.1, 0.15) is 5.60 Å². The van der Waals surface area contributed by atoms with Crippen LogP contribution < -0.4 is 5.32 Å². The van der Waals surface area contributed by atoms with Crippen molar-refractivity contribution in [2.45, 2.75) is 45.4 Å². The number of fused-ring (bicyclic) bond motifs is 1. The number of aromatic nitrogens is 2. The third-order valence-electron chi connectivity index (χ3n) is 5.29. The summed E-state index contributed by atoms with van der Waals surface area (Å²) in [6, 6.07) is 17.9. The molecule has 4 rings (SSSR count). The van der Waals surface area contributed by atoms with Crippen molar-refractivity contribution >= 4 is 23.1 Å². The molecule has 2 heterocycles. The Kier molecular flexibility index (Phi) is 5.55. The van der Waals surface area contributed by atoms with Gasteiger partial charge in [-0.3, -0.25) is 0 Å². The van der Waals surface area contributed by atoms with E-state index in [0.29, 0.717) is 25.2 Å². The topological polar surface area (TPSA) is 83.2 Å². The third kappa shape index (κ3) is 4.64. The summed E-state index contributed by atoms with van der Waals surface area (Å²) in [6.07, 6.45) is 0.533. The first kappa shape index (κ1) is 20.7. The van der Waals surface area contributed by atoms with Gasteiger partial charge in [-0.2, -0.15) is 5.26 Å². The van der Waals surface area contributed by atoms with Crippen molar-refractivity contribution in [2.24, 2.45) is 0 Å². The van der Waals surface area contributed by atoms with E-state index in [2.05, 4.69) is 16.0 Å². The Balaban J connectivity index is 1.57. The van der Waals surface area contributed by atoms with Gasteiger partial charge in [0.05, 0.1) is 29.2 Å². The van der Waals surface area contributed by atoms with E-state index in [1.807, 2.05) is 69.3 Å². The van der Waals surface area contributed by atoms with Crippen LogP contribution in [0.15, 0.2) is 48.5 Å². The number of ether oxygens (including phenoxy) is 1. The van der Waals surface area contributed by atoms with Gasteiger partial charge in [0, 0.05) is 19.1 Å². The Bertz CT molecular complexity index is 1140. The minimum absolute atomic E-state index is 0.0780. The molecule has 0 spiro atoms. The van der Waals surface area contributed by atoms with Crippen LogP contribution in [-0.4, -0.2) is 45.3 Å². The van der Waals surface area contributed by atoms with Crippen LogP contribution in [0.2, 0.25) is 0 Å². The third-order valence-corrected chi connectivity index (χ3v) is 5.29. The minimum atomic E-state index is -0.509. The lowest BCUT2D eigenvalue weighted by molar-refractivity contribution is 0.0293. The van der Waals surface area contributed by atoms with Gasteiger partial charge in [0.25, 0.3) is 0 Å². The van der Waals surface area contributed by atoms with E-state index < -0.39 is 5.60 Å². The van der Waals surface area contributed by atoms with E-state index in [1.165, 1.54) is 0 Å². The van der Waals surface area contributed by atoms with Crippen molar-refractivity contribution in [1.29, 1.82) is 5.26 Å². The predicted octanol–water partition coefficient (Wildman–Crippen LogP) is 4.38. The molecule has 3 aromatic rings. The maximum Gasteiger partial charge on any atom is 0.410 e. The van der Waals surface area contributed by atoms with Crippen LogP contribution >= 0.6 is 0 Å². The first-order valence-electron chi connectivity index (χ1n) is 10.5. The van der Waals surface area contributed by atoms with Crippen LogP contribution in [0.3, 0.4) is 0 Å². The number of nitriles is 1. The van der Waals surface area contributed by atoms with Gasteiger partial charge in [-0.1, -0.05) is 30.3 Å². The van der Waals surface area contributed by atoms with Gasteiger partial charge in [-0.15, -0.1) is 0 Å². The minimum Gasteiger partial charge on any atom is -0.444 e. The van der Waals surface area contributed by atoms with Crippen LogP contribution in [0.4, 0.5) is 10.7 Å². The molecule has 0 radical (unpaired) electrons. The monoisotopic (exact) mass is 417 g/mol. The van der Waals surface area contributed by atoms with E-state index in [1.54, 1.807) is 4.90 Å². The fourth-order valence-electron chi connectivity index (χ4n) is 3.84. The van der Waals surface area contributed by atoms with Crippen LogP contribution in [-0.2, 0) is 11.3 Å². The summed E-state index contributed by atoms with van der Waals surface area (Å²) < 4.78 is 7.60. The quantitative estimate of drug-likeness (QED) is 0.681. The zero-order chi connectivity index (χ0) is 22.0. The summed E-state index contributed by atoms with van der Waals surface area (Å²) >= 11 is 0. The van der Waals surface area contributed by atoms with Gasteiger partial charge in [0.2, 0.25) is 5.95 Å². The zero-order valence-corrected chi connectivity index (χ0v) is 18.1. The number of carbonyl (C=O) groups excluding carboxylic acids is 1. The van der Waals surface area contributed by atoms with Crippen molar-refractivity contribution in [3.63, 3.8) is 0 Å². The SMILES string of the molecule is CC(C)(C)OC(=O)N1CC[C@H](Nc2nc3ccccc3n2Cc2ccccc2C#N)C1. The number of para-hydroxylation sites is 2. The van der Waals surface area contributed by atoms with Crippen LogP contribution in [0.5, 0.6) is 0 Å². The number of hydrogen-bond donors (Lipinski definition) is 1. The molecule has 1 aliphatic heterocycles. The Morgan fingerprint density at radius 3 is 2.74 bits per heavy atom. The van der Waals surface area contributed by atoms with Gasteiger partial charge < -0.3 is 19.5 Å². The second-order valence-electron chi connectivity index (χ2n) is 8.84. The molecular formula is C24H27N5O2. The number of anilines is 1. The maximum absolute atomic E-state index is 12.4. The molecule has 1 saturated heterocycles. The molecule has 0 bridgehead atoms. The molecule has 160 valence electrons. The molecule has 7 heteroatoms. The van der Waals surface area contributed by atoms with E-state index in [9.17, 15) is 10.1 Å². The molecule has 1 N–H and O–H groups in total. The van der Waals surface area contributed by atoms with Crippen LogP contribution in [0.25, 0.3) is 11.0 Å². The summed E-state index contributed by atoms with van der Waals surface area (Å²) in [7, 11) is 0. The molecule has 0 saturated carbocycles. The standard InChI is InChI=1S/C24H27N5O2/c1-24(2,3)31-23(30)28-13-12-19(16-28)26-22-27-20-10-6-7-11-21(20)29(22)15-18-9-5-4-8-17(18)14-25/h4-11,19H,12-13,15-16H2,1-3H3,(H,26,27)/t19-/m0/s1. The van der Waals surface area contributed by atoms with Crippen molar-refractivity contribution < 1.29 is 9.53 Å². The van der Waals surface area contributed by atoms with Gasteiger partial charge in [-0.05, 0) is 51.0 Å². The number of rotatable bonds is 4. The van der Waals surface area contributed by atoms with Gasteiger partial charge in [-0.25, -0.2) is 9.78 Å². The average molecular weight is 418 g/mol. The summed E-state index contributed by atoms with van der Waals surface area (Å²) in [4.78, 5) is 18.9. The number of nitrogens with one attached hydrogen (secondary N) is 1. The lowest BCUT2D eigenvalue weighted by Gasteiger charge is -2.24. The summed E-state index contributed by atoms with van der Waals surface area (Å²) in [6.45, 7) is 7.36. The van der Waals surface area contributed by atoms with Crippen molar-refractivity contribution in [3.8, 4) is 6.07 Å². The maximum atomic E-state index is 12.4. The summed E-state index contributed by atoms with van der Waals surface area (Å²) in [5.74, 6) is 0.741. The van der Waals surface area contributed by atoms with E-state index in [-0.39, 0.29) is 12.1 Å². The molecule has 1 aliphatic rings. The van der Waals surface area contributed by atoms with Gasteiger partial charge in [0.15, 0.2) is 0 Å². The lowest BCUT2D eigenvalue weighted by atomic mass is 10.1. The predicted molar refractivity (Wildman–Crippen MR) is 120 cm³/mol. The molecule has 1 aromatic heterocycles. The second-order valence-corrected chi connectivity index (χ2v) is 8.84. The smallest absolute Gasteiger partial charge is 0.410 e. The highest BCUT2D eigenvalue weighted by atomic mass is 16.6. The van der Waals surface area contributed by atoms with Gasteiger partial charge >= 0.3 is 6.09 Å².